The Morgan fingerprint density at radius 2 is 1.81 bits per heavy atom. The van der Waals surface area contributed by atoms with Crippen molar-refractivity contribution in [2.24, 2.45) is 0 Å². The molecular weight excluding hydrogens is 196 g/mol. The van der Waals surface area contributed by atoms with Gasteiger partial charge in [0, 0.05) is 25.3 Å². The van der Waals surface area contributed by atoms with Crippen molar-refractivity contribution in [1.82, 2.24) is 5.32 Å². The summed E-state index contributed by atoms with van der Waals surface area (Å²) in [5.41, 5.74) is 5.55. The van der Waals surface area contributed by atoms with E-state index in [1.807, 2.05) is 0 Å². The molecule has 88 valence electrons. The molecule has 1 aromatic carbocycles. The third-order valence-corrected chi connectivity index (χ3v) is 3.77. The van der Waals surface area contributed by atoms with Crippen molar-refractivity contribution >= 4 is 5.69 Å². The number of anilines is 1. The minimum absolute atomic E-state index is 0.654. The molecule has 1 atom stereocenters. The number of nitrogens with one attached hydrogen (secondary N) is 1. The monoisotopic (exact) mass is 218 g/mol. The van der Waals surface area contributed by atoms with E-state index in [1.54, 1.807) is 0 Å². The highest BCUT2D eigenvalue weighted by molar-refractivity contribution is 5.57. The maximum Gasteiger partial charge on any atom is 0.0423 e. The third-order valence-electron chi connectivity index (χ3n) is 3.77. The maximum atomic E-state index is 3.43. The molecule has 2 heteroatoms. The van der Waals surface area contributed by atoms with Gasteiger partial charge in [0.1, 0.15) is 0 Å². The average Bonchev–Trinajstić information content (AvgIpc) is 2.75. The number of hydrogen-bond acceptors (Lipinski definition) is 2. The van der Waals surface area contributed by atoms with Gasteiger partial charge >= 0.3 is 0 Å². The van der Waals surface area contributed by atoms with E-state index in [2.05, 4.69) is 50.2 Å². The summed E-state index contributed by atoms with van der Waals surface area (Å²) in [6.45, 7) is 8.85. The molecule has 1 saturated heterocycles. The Bertz CT molecular complexity index is 379. The van der Waals surface area contributed by atoms with Crippen LogP contribution in [0.25, 0.3) is 0 Å². The molecule has 1 aliphatic heterocycles. The molecule has 0 radical (unpaired) electrons. The summed E-state index contributed by atoms with van der Waals surface area (Å²) >= 11 is 0. The number of likely N-dealkylation sites (N-methyl/N-ethyl adjacent to an activating group) is 1. The van der Waals surface area contributed by atoms with Crippen molar-refractivity contribution in [3.8, 4) is 0 Å². The summed E-state index contributed by atoms with van der Waals surface area (Å²) in [4.78, 5) is 2.43. The van der Waals surface area contributed by atoms with Crippen molar-refractivity contribution in [2.45, 2.75) is 33.2 Å². The summed E-state index contributed by atoms with van der Waals surface area (Å²) in [6.07, 6.45) is 1.25. The molecule has 2 rings (SSSR count). The van der Waals surface area contributed by atoms with E-state index in [0.717, 1.165) is 13.1 Å². The average molecular weight is 218 g/mol. The summed E-state index contributed by atoms with van der Waals surface area (Å²) < 4.78 is 0. The highest BCUT2D eigenvalue weighted by Gasteiger charge is 2.20. The van der Waals surface area contributed by atoms with Crippen LogP contribution in [0.2, 0.25) is 0 Å². The molecule has 1 fully saturated rings. The molecule has 0 aromatic heterocycles. The predicted octanol–water partition coefficient (Wildman–Crippen LogP) is 2.41. The first kappa shape index (κ1) is 11.5. The second kappa shape index (κ2) is 4.46. The van der Waals surface area contributed by atoms with Gasteiger partial charge < -0.3 is 10.2 Å². The molecule has 0 spiro atoms. The van der Waals surface area contributed by atoms with Crippen LogP contribution in [0.15, 0.2) is 12.1 Å². The lowest BCUT2D eigenvalue weighted by molar-refractivity contribution is 0.684. The van der Waals surface area contributed by atoms with Crippen LogP contribution in [-0.4, -0.2) is 26.2 Å². The minimum Gasteiger partial charge on any atom is -0.370 e. The fourth-order valence-electron chi connectivity index (χ4n) is 2.49. The van der Waals surface area contributed by atoms with Crippen molar-refractivity contribution < 1.29 is 0 Å². The molecule has 0 bridgehead atoms. The summed E-state index contributed by atoms with van der Waals surface area (Å²) in [7, 11) is 2.22. The summed E-state index contributed by atoms with van der Waals surface area (Å²) in [5.74, 6) is 0. The SMILES string of the molecule is Cc1cc(C)c(N(C)C2CCNC2)cc1C. The fourth-order valence-corrected chi connectivity index (χ4v) is 2.49. The second-order valence-electron chi connectivity index (χ2n) is 4.98. The minimum atomic E-state index is 0.654. The lowest BCUT2D eigenvalue weighted by Crippen LogP contribution is -2.33. The Kier molecular flexibility index (Phi) is 3.20. The van der Waals surface area contributed by atoms with Gasteiger partial charge in [-0.2, -0.15) is 0 Å². The highest BCUT2D eigenvalue weighted by Crippen LogP contribution is 2.25. The van der Waals surface area contributed by atoms with E-state index >= 15 is 0 Å². The van der Waals surface area contributed by atoms with Crippen molar-refractivity contribution in [2.75, 3.05) is 25.0 Å². The van der Waals surface area contributed by atoms with Gasteiger partial charge in [0.05, 0.1) is 0 Å². The van der Waals surface area contributed by atoms with Gasteiger partial charge in [-0.05, 0) is 56.5 Å². The van der Waals surface area contributed by atoms with Gasteiger partial charge in [-0.3, -0.25) is 0 Å². The third kappa shape index (κ3) is 2.07. The number of aryl methyl sites for hydroxylation is 3. The van der Waals surface area contributed by atoms with Crippen LogP contribution < -0.4 is 10.2 Å². The van der Waals surface area contributed by atoms with Crippen LogP contribution in [0.4, 0.5) is 5.69 Å². The number of rotatable bonds is 2. The molecule has 1 N–H and O–H groups in total. The number of nitrogens with zero attached hydrogens (tertiary/aromatic N) is 1. The van der Waals surface area contributed by atoms with Crippen molar-refractivity contribution in [1.29, 1.82) is 0 Å². The first-order chi connectivity index (χ1) is 7.59. The van der Waals surface area contributed by atoms with Crippen LogP contribution in [0.3, 0.4) is 0 Å². The molecule has 1 unspecified atom stereocenters. The Hall–Kier alpha value is -1.02. The zero-order chi connectivity index (χ0) is 11.7. The van der Waals surface area contributed by atoms with Gasteiger partial charge in [-0.1, -0.05) is 6.07 Å². The quantitative estimate of drug-likeness (QED) is 0.820. The van der Waals surface area contributed by atoms with E-state index < -0.39 is 0 Å². The predicted molar refractivity (Wildman–Crippen MR) is 70.3 cm³/mol. The molecular formula is C14H22N2. The number of hydrogen-bond donors (Lipinski definition) is 1. The lowest BCUT2D eigenvalue weighted by atomic mass is 10.0. The van der Waals surface area contributed by atoms with Crippen LogP contribution in [-0.2, 0) is 0 Å². The van der Waals surface area contributed by atoms with E-state index in [0.29, 0.717) is 6.04 Å². The van der Waals surface area contributed by atoms with Gasteiger partial charge in [-0.25, -0.2) is 0 Å². The molecule has 1 heterocycles. The van der Waals surface area contributed by atoms with Gasteiger partial charge in [0.15, 0.2) is 0 Å². The topological polar surface area (TPSA) is 15.3 Å². The van der Waals surface area contributed by atoms with E-state index in [9.17, 15) is 0 Å². The molecule has 0 aliphatic carbocycles. The Morgan fingerprint density at radius 1 is 1.12 bits per heavy atom. The second-order valence-corrected chi connectivity index (χ2v) is 4.98. The normalized spacial score (nSPS) is 20.1. The highest BCUT2D eigenvalue weighted by atomic mass is 15.2. The molecule has 16 heavy (non-hydrogen) atoms. The van der Waals surface area contributed by atoms with Gasteiger partial charge in [-0.15, -0.1) is 0 Å². The Labute approximate surface area is 98.7 Å². The Balaban J connectivity index is 2.28. The lowest BCUT2D eigenvalue weighted by Gasteiger charge is -2.28. The Morgan fingerprint density at radius 3 is 2.44 bits per heavy atom. The zero-order valence-electron chi connectivity index (χ0n) is 10.8. The first-order valence-electron chi connectivity index (χ1n) is 6.11. The van der Waals surface area contributed by atoms with E-state index in [1.165, 1.54) is 28.8 Å². The van der Waals surface area contributed by atoms with Gasteiger partial charge in [0.2, 0.25) is 0 Å². The summed E-state index contributed by atoms with van der Waals surface area (Å²) in [6, 6.07) is 5.27. The fraction of sp³-hybridized carbons (Fsp3) is 0.571. The van der Waals surface area contributed by atoms with Crippen molar-refractivity contribution in [3.05, 3.63) is 28.8 Å². The molecule has 0 amide bonds. The van der Waals surface area contributed by atoms with Gasteiger partial charge in [0.25, 0.3) is 0 Å². The van der Waals surface area contributed by atoms with E-state index in [-0.39, 0.29) is 0 Å². The molecule has 1 aliphatic rings. The number of benzene rings is 1. The molecule has 0 saturated carbocycles. The standard InChI is InChI=1S/C14H22N2/c1-10-7-12(3)14(8-11(10)2)16(4)13-5-6-15-9-13/h7-8,13,15H,5-6,9H2,1-4H3. The zero-order valence-corrected chi connectivity index (χ0v) is 10.8. The van der Waals surface area contributed by atoms with Crippen LogP contribution in [0.1, 0.15) is 23.1 Å². The largest absolute Gasteiger partial charge is 0.370 e. The van der Waals surface area contributed by atoms with Crippen LogP contribution in [0.5, 0.6) is 0 Å². The van der Waals surface area contributed by atoms with Crippen LogP contribution in [0, 0.1) is 20.8 Å². The van der Waals surface area contributed by atoms with E-state index in [4.69, 9.17) is 0 Å². The molecule has 2 nitrogen and oxygen atoms in total. The summed E-state index contributed by atoms with van der Waals surface area (Å²) in [5, 5.41) is 3.43. The van der Waals surface area contributed by atoms with Crippen LogP contribution >= 0.6 is 0 Å². The van der Waals surface area contributed by atoms with Crippen molar-refractivity contribution in [3.63, 3.8) is 0 Å². The first-order valence-corrected chi connectivity index (χ1v) is 6.11. The smallest absolute Gasteiger partial charge is 0.0423 e. The maximum absolute atomic E-state index is 3.43. The molecule has 1 aromatic rings.